The second-order valence-corrected chi connectivity index (χ2v) is 9.81. The second kappa shape index (κ2) is 7.88. The standard InChI is InChI=1S/C22H25FN2O3S/c1-29(27,28)24-15-7-6-12-25(14-15)22(26)20-13-19(20)17-9-3-2-8-16(17)18-10-4-5-11-21(18)23/h2-5,8-11,15,19-20,24H,6-7,12-14H2,1H3/t15-,19+,20-/m1/s1. The van der Waals surface area contributed by atoms with Gasteiger partial charge in [-0.25, -0.2) is 17.5 Å². The van der Waals surface area contributed by atoms with Gasteiger partial charge in [-0.05, 0) is 42.4 Å². The van der Waals surface area contributed by atoms with Gasteiger partial charge in [0, 0.05) is 30.6 Å². The molecular formula is C22H25FN2O3S. The first-order valence-corrected chi connectivity index (χ1v) is 11.8. The minimum atomic E-state index is -3.30. The molecule has 0 spiro atoms. The summed E-state index contributed by atoms with van der Waals surface area (Å²) in [5.41, 5.74) is 2.39. The van der Waals surface area contributed by atoms with Crippen LogP contribution >= 0.6 is 0 Å². The van der Waals surface area contributed by atoms with E-state index in [9.17, 15) is 17.6 Å². The predicted octanol–water partition coefficient (Wildman–Crippen LogP) is 3.14. The van der Waals surface area contributed by atoms with Crippen LogP contribution in [-0.4, -0.2) is 44.6 Å². The van der Waals surface area contributed by atoms with E-state index in [2.05, 4.69) is 4.72 Å². The molecule has 2 aromatic rings. The normalized spacial score (nSPS) is 24.3. The highest BCUT2D eigenvalue weighted by Crippen LogP contribution is 2.51. The first-order chi connectivity index (χ1) is 13.8. The molecular weight excluding hydrogens is 391 g/mol. The third-order valence-electron chi connectivity index (χ3n) is 5.75. The Morgan fingerprint density at radius 3 is 2.52 bits per heavy atom. The molecule has 29 heavy (non-hydrogen) atoms. The van der Waals surface area contributed by atoms with Crippen molar-refractivity contribution in [1.29, 1.82) is 0 Å². The van der Waals surface area contributed by atoms with Gasteiger partial charge in [0.25, 0.3) is 0 Å². The van der Waals surface area contributed by atoms with Crippen molar-refractivity contribution in [1.82, 2.24) is 9.62 Å². The largest absolute Gasteiger partial charge is 0.341 e. The van der Waals surface area contributed by atoms with Crippen LogP contribution in [0.4, 0.5) is 4.39 Å². The summed E-state index contributed by atoms with van der Waals surface area (Å²) in [4.78, 5) is 14.8. The van der Waals surface area contributed by atoms with Crippen molar-refractivity contribution in [2.75, 3.05) is 19.3 Å². The van der Waals surface area contributed by atoms with E-state index in [1.165, 1.54) is 6.07 Å². The van der Waals surface area contributed by atoms with Crippen molar-refractivity contribution in [3.05, 3.63) is 59.9 Å². The van der Waals surface area contributed by atoms with Gasteiger partial charge in [0.2, 0.25) is 15.9 Å². The number of benzene rings is 2. The predicted molar refractivity (Wildman–Crippen MR) is 110 cm³/mol. The monoisotopic (exact) mass is 416 g/mol. The molecule has 1 heterocycles. The van der Waals surface area contributed by atoms with Gasteiger partial charge in [0.15, 0.2) is 0 Å². The molecule has 5 nitrogen and oxygen atoms in total. The molecule has 2 fully saturated rings. The molecule has 2 aromatic carbocycles. The van der Waals surface area contributed by atoms with E-state index in [4.69, 9.17) is 0 Å². The molecule has 1 saturated heterocycles. The quantitative estimate of drug-likeness (QED) is 0.814. The molecule has 1 saturated carbocycles. The van der Waals surface area contributed by atoms with Gasteiger partial charge in [0.1, 0.15) is 5.82 Å². The summed E-state index contributed by atoms with van der Waals surface area (Å²) in [6, 6.07) is 14.2. The number of nitrogens with one attached hydrogen (secondary N) is 1. The van der Waals surface area contributed by atoms with E-state index in [1.54, 1.807) is 17.0 Å². The smallest absolute Gasteiger partial charge is 0.226 e. The Morgan fingerprint density at radius 2 is 1.79 bits per heavy atom. The first-order valence-electron chi connectivity index (χ1n) is 9.93. The summed E-state index contributed by atoms with van der Waals surface area (Å²) in [5.74, 6) is -0.256. The Hall–Kier alpha value is -2.25. The van der Waals surface area contributed by atoms with E-state index < -0.39 is 10.0 Å². The zero-order chi connectivity index (χ0) is 20.6. The van der Waals surface area contributed by atoms with Crippen LogP contribution in [0, 0.1) is 11.7 Å². The molecule has 1 aliphatic carbocycles. The number of piperidine rings is 1. The van der Waals surface area contributed by atoms with Gasteiger partial charge in [-0.3, -0.25) is 4.79 Å². The zero-order valence-electron chi connectivity index (χ0n) is 16.3. The fourth-order valence-electron chi connectivity index (χ4n) is 4.37. The summed E-state index contributed by atoms with van der Waals surface area (Å²) in [6.45, 7) is 1.06. The average Bonchev–Trinajstić information content (AvgIpc) is 3.47. The van der Waals surface area contributed by atoms with Gasteiger partial charge >= 0.3 is 0 Å². The Kier molecular flexibility index (Phi) is 5.44. The van der Waals surface area contributed by atoms with Gasteiger partial charge in [-0.15, -0.1) is 0 Å². The number of nitrogens with zero attached hydrogens (tertiary/aromatic N) is 1. The minimum absolute atomic E-state index is 0.0679. The summed E-state index contributed by atoms with van der Waals surface area (Å²) >= 11 is 0. The number of hydrogen-bond acceptors (Lipinski definition) is 3. The van der Waals surface area contributed by atoms with E-state index in [1.807, 2.05) is 30.3 Å². The van der Waals surface area contributed by atoms with Crippen LogP contribution in [0.25, 0.3) is 11.1 Å². The molecule has 154 valence electrons. The van der Waals surface area contributed by atoms with Gasteiger partial charge in [-0.1, -0.05) is 42.5 Å². The highest BCUT2D eigenvalue weighted by atomic mass is 32.2. The van der Waals surface area contributed by atoms with Gasteiger partial charge in [0.05, 0.1) is 6.26 Å². The van der Waals surface area contributed by atoms with Crippen LogP contribution in [0.15, 0.2) is 48.5 Å². The van der Waals surface area contributed by atoms with Crippen LogP contribution < -0.4 is 4.72 Å². The van der Waals surface area contributed by atoms with E-state index in [-0.39, 0.29) is 29.6 Å². The van der Waals surface area contributed by atoms with Crippen LogP contribution in [0.5, 0.6) is 0 Å². The lowest BCUT2D eigenvalue weighted by molar-refractivity contribution is -0.133. The van der Waals surface area contributed by atoms with Gasteiger partial charge in [-0.2, -0.15) is 0 Å². The van der Waals surface area contributed by atoms with Crippen LogP contribution in [0.1, 0.15) is 30.7 Å². The molecule has 3 atom stereocenters. The highest BCUT2D eigenvalue weighted by Gasteiger charge is 2.47. The minimum Gasteiger partial charge on any atom is -0.341 e. The molecule has 4 rings (SSSR count). The average molecular weight is 417 g/mol. The van der Waals surface area contributed by atoms with Crippen LogP contribution in [-0.2, 0) is 14.8 Å². The molecule has 1 aliphatic heterocycles. The molecule has 2 aliphatic rings. The van der Waals surface area contributed by atoms with Crippen LogP contribution in [0.2, 0.25) is 0 Å². The number of rotatable bonds is 5. The summed E-state index contributed by atoms with van der Waals surface area (Å²) in [5, 5.41) is 0. The number of carbonyl (C=O) groups excluding carboxylic acids is 1. The number of halogens is 1. The maximum absolute atomic E-state index is 14.3. The molecule has 0 aromatic heterocycles. The van der Waals surface area contributed by atoms with Crippen molar-refractivity contribution in [2.24, 2.45) is 5.92 Å². The van der Waals surface area contributed by atoms with E-state index in [0.717, 1.165) is 36.6 Å². The highest BCUT2D eigenvalue weighted by molar-refractivity contribution is 7.88. The molecule has 1 N–H and O–H groups in total. The molecule has 1 amide bonds. The Morgan fingerprint density at radius 1 is 1.10 bits per heavy atom. The first kappa shape index (κ1) is 20.0. The number of sulfonamides is 1. The Labute approximate surface area is 171 Å². The number of likely N-dealkylation sites (tertiary alicyclic amines) is 1. The molecule has 0 bridgehead atoms. The third kappa shape index (κ3) is 4.51. The fraction of sp³-hybridized carbons (Fsp3) is 0.409. The van der Waals surface area contributed by atoms with Crippen molar-refractivity contribution in [3.8, 4) is 11.1 Å². The lowest BCUT2D eigenvalue weighted by Gasteiger charge is -2.33. The number of amides is 1. The lowest BCUT2D eigenvalue weighted by atomic mass is 9.95. The maximum atomic E-state index is 14.3. The topological polar surface area (TPSA) is 66.5 Å². The van der Waals surface area contributed by atoms with Gasteiger partial charge < -0.3 is 4.90 Å². The van der Waals surface area contributed by atoms with E-state index >= 15 is 0 Å². The SMILES string of the molecule is CS(=O)(=O)N[C@@H]1CCCN(C(=O)[C@@H]2C[C@H]2c2ccccc2-c2ccccc2F)C1. The Bertz CT molecular complexity index is 1020. The molecule has 0 unspecified atom stereocenters. The van der Waals surface area contributed by atoms with Crippen LogP contribution in [0.3, 0.4) is 0 Å². The lowest BCUT2D eigenvalue weighted by Crippen LogP contribution is -2.49. The third-order valence-corrected chi connectivity index (χ3v) is 6.51. The van der Waals surface area contributed by atoms with Crippen molar-refractivity contribution < 1.29 is 17.6 Å². The zero-order valence-corrected chi connectivity index (χ0v) is 17.2. The molecule has 0 radical (unpaired) electrons. The fourth-order valence-corrected chi connectivity index (χ4v) is 5.17. The Balaban J connectivity index is 1.49. The second-order valence-electron chi connectivity index (χ2n) is 8.03. The summed E-state index contributed by atoms with van der Waals surface area (Å²) < 4.78 is 40.0. The van der Waals surface area contributed by atoms with Crippen molar-refractivity contribution >= 4 is 15.9 Å². The van der Waals surface area contributed by atoms with Crippen molar-refractivity contribution in [3.63, 3.8) is 0 Å². The maximum Gasteiger partial charge on any atom is 0.226 e. The summed E-state index contributed by atoms with van der Waals surface area (Å²) in [6.07, 6.45) is 3.40. The van der Waals surface area contributed by atoms with E-state index in [0.29, 0.717) is 18.7 Å². The molecule has 7 heteroatoms. The summed E-state index contributed by atoms with van der Waals surface area (Å²) in [7, 11) is -3.30. The number of carbonyl (C=O) groups is 1. The van der Waals surface area contributed by atoms with Crippen molar-refractivity contribution in [2.45, 2.75) is 31.2 Å². The number of hydrogen-bond donors (Lipinski definition) is 1.